The SMILES string of the molecule is NC(CC(=O)N1CCN(c2ccc(Cl)cc2)CC1)C1CC1. The number of amides is 1. The van der Waals surface area contributed by atoms with E-state index in [1.807, 2.05) is 29.2 Å². The van der Waals surface area contributed by atoms with E-state index in [1.54, 1.807) is 0 Å². The van der Waals surface area contributed by atoms with Gasteiger partial charge in [-0.15, -0.1) is 0 Å². The monoisotopic (exact) mass is 307 g/mol. The van der Waals surface area contributed by atoms with Crippen LogP contribution in [0.5, 0.6) is 0 Å². The number of carbonyl (C=O) groups excluding carboxylic acids is 1. The van der Waals surface area contributed by atoms with Crippen molar-refractivity contribution in [3.05, 3.63) is 29.3 Å². The molecule has 1 atom stereocenters. The standard InChI is InChI=1S/C16H22ClN3O/c17-13-3-5-14(6-4-13)19-7-9-20(10-8-19)16(21)11-15(18)12-1-2-12/h3-6,12,15H,1-2,7-11,18H2. The van der Waals surface area contributed by atoms with Crippen LogP contribution in [-0.2, 0) is 4.79 Å². The number of nitrogens with two attached hydrogens (primary N) is 1. The van der Waals surface area contributed by atoms with Crippen molar-refractivity contribution >= 4 is 23.2 Å². The number of carbonyl (C=O) groups is 1. The smallest absolute Gasteiger partial charge is 0.224 e. The number of nitrogens with zero attached hydrogens (tertiary/aromatic N) is 2. The van der Waals surface area contributed by atoms with E-state index >= 15 is 0 Å². The van der Waals surface area contributed by atoms with Crippen LogP contribution in [0.4, 0.5) is 5.69 Å². The first-order valence-corrected chi connectivity index (χ1v) is 8.05. The zero-order chi connectivity index (χ0) is 14.8. The lowest BCUT2D eigenvalue weighted by Crippen LogP contribution is -2.49. The van der Waals surface area contributed by atoms with Crippen LogP contribution in [0.2, 0.25) is 5.02 Å². The average Bonchev–Trinajstić information content (AvgIpc) is 3.33. The molecule has 21 heavy (non-hydrogen) atoms. The van der Waals surface area contributed by atoms with Gasteiger partial charge in [0, 0.05) is 49.4 Å². The Bertz CT molecular complexity index is 493. The molecule has 1 aromatic rings. The third-order valence-electron chi connectivity index (χ3n) is 4.46. The molecular weight excluding hydrogens is 286 g/mol. The number of benzene rings is 1. The molecule has 0 aromatic heterocycles. The molecule has 1 aliphatic carbocycles. The van der Waals surface area contributed by atoms with Crippen molar-refractivity contribution in [1.82, 2.24) is 4.90 Å². The largest absolute Gasteiger partial charge is 0.368 e. The van der Waals surface area contributed by atoms with Gasteiger partial charge in [-0.05, 0) is 43.0 Å². The second-order valence-corrected chi connectivity index (χ2v) is 6.49. The van der Waals surface area contributed by atoms with E-state index < -0.39 is 0 Å². The maximum Gasteiger partial charge on any atom is 0.224 e. The summed E-state index contributed by atoms with van der Waals surface area (Å²) in [6.45, 7) is 3.29. The molecule has 2 fully saturated rings. The van der Waals surface area contributed by atoms with Crippen molar-refractivity contribution in [2.24, 2.45) is 11.7 Å². The van der Waals surface area contributed by atoms with E-state index in [9.17, 15) is 4.79 Å². The molecule has 2 aliphatic rings. The fourth-order valence-electron chi connectivity index (χ4n) is 2.89. The second-order valence-electron chi connectivity index (χ2n) is 6.05. The zero-order valence-corrected chi connectivity index (χ0v) is 12.9. The number of hydrogen-bond acceptors (Lipinski definition) is 3. The van der Waals surface area contributed by atoms with Gasteiger partial charge in [0.2, 0.25) is 5.91 Å². The molecule has 0 radical (unpaired) electrons. The summed E-state index contributed by atoms with van der Waals surface area (Å²) in [5, 5.41) is 0.752. The van der Waals surface area contributed by atoms with Gasteiger partial charge in [-0.2, -0.15) is 0 Å². The average molecular weight is 308 g/mol. The van der Waals surface area contributed by atoms with Gasteiger partial charge < -0.3 is 15.5 Å². The van der Waals surface area contributed by atoms with Crippen LogP contribution in [0.15, 0.2) is 24.3 Å². The maximum absolute atomic E-state index is 12.2. The van der Waals surface area contributed by atoms with E-state index in [2.05, 4.69) is 4.90 Å². The van der Waals surface area contributed by atoms with E-state index in [4.69, 9.17) is 17.3 Å². The van der Waals surface area contributed by atoms with Crippen LogP contribution >= 0.6 is 11.6 Å². The Morgan fingerprint density at radius 1 is 1.19 bits per heavy atom. The van der Waals surface area contributed by atoms with Crippen molar-refractivity contribution in [1.29, 1.82) is 0 Å². The number of halogens is 1. The van der Waals surface area contributed by atoms with Gasteiger partial charge >= 0.3 is 0 Å². The predicted molar refractivity (Wildman–Crippen MR) is 85.6 cm³/mol. The van der Waals surface area contributed by atoms with Crippen molar-refractivity contribution in [2.75, 3.05) is 31.1 Å². The Balaban J connectivity index is 1.50. The van der Waals surface area contributed by atoms with Crippen LogP contribution in [-0.4, -0.2) is 43.0 Å². The Labute approximate surface area is 130 Å². The number of anilines is 1. The molecular formula is C16H22ClN3O. The summed E-state index contributed by atoms with van der Waals surface area (Å²) < 4.78 is 0. The Morgan fingerprint density at radius 2 is 1.81 bits per heavy atom. The summed E-state index contributed by atoms with van der Waals surface area (Å²) in [6.07, 6.45) is 2.89. The van der Waals surface area contributed by atoms with E-state index in [0.29, 0.717) is 12.3 Å². The minimum atomic E-state index is 0.0618. The summed E-state index contributed by atoms with van der Waals surface area (Å²) in [5.41, 5.74) is 7.22. The van der Waals surface area contributed by atoms with Crippen LogP contribution < -0.4 is 10.6 Å². The molecule has 1 saturated carbocycles. The second kappa shape index (κ2) is 6.24. The highest BCUT2D eigenvalue weighted by Gasteiger charge is 2.31. The van der Waals surface area contributed by atoms with E-state index in [1.165, 1.54) is 18.5 Å². The Morgan fingerprint density at radius 3 is 2.38 bits per heavy atom. The van der Waals surface area contributed by atoms with Gasteiger partial charge in [0.1, 0.15) is 0 Å². The molecule has 1 unspecified atom stereocenters. The molecule has 1 heterocycles. The third-order valence-corrected chi connectivity index (χ3v) is 4.71. The van der Waals surface area contributed by atoms with Crippen molar-refractivity contribution in [3.8, 4) is 0 Å². The summed E-state index contributed by atoms with van der Waals surface area (Å²) >= 11 is 5.91. The summed E-state index contributed by atoms with van der Waals surface area (Å²) in [7, 11) is 0. The first-order chi connectivity index (χ1) is 10.1. The highest BCUT2D eigenvalue weighted by Crippen LogP contribution is 2.33. The molecule has 1 aromatic carbocycles. The Kier molecular flexibility index (Phi) is 4.36. The fourth-order valence-corrected chi connectivity index (χ4v) is 3.01. The van der Waals surface area contributed by atoms with Gasteiger partial charge in [-0.25, -0.2) is 0 Å². The van der Waals surface area contributed by atoms with Crippen molar-refractivity contribution < 1.29 is 4.79 Å². The minimum Gasteiger partial charge on any atom is -0.368 e. The first-order valence-electron chi connectivity index (χ1n) is 7.67. The van der Waals surface area contributed by atoms with E-state index in [-0.39, 0.29) is 11.9 Å². The minimum absolute atomic E-state index is 0.0618. The fraction of sp³-hybridized carbons (Fsp3) is 0.562. The lowest BCUT2D eigenvalue weighted by atomic mass is 10.1. The highest BCUT2D eigenvalue weighted by molar-refractivity contribution is 6.30. The van der Waals surface area contributed by atoms with Crippen LogP contribution in [0.25, 0.3) is 0 Å². The molecule has 1 saturated heterocycles. The Hall–Kier alpha value is -1.26. The topological polar surface area (TPSA) is 49.6 Å². The van der Waals surface area contributed by atoms with Gasteiger partial charge in [0.05, 0.1) is 0 Å². The highest BCUT2D eigenvalue weighted by atomic mass is 35.5. The first kappa shape index (κ1) is 14.7. The summed E-state index contributed by atoms with van der Waals surface area (Å²) in [5.74, 6) is 0.800. The quantitative estimate of drug-likeness (QED) is 0.927. The molecule has 4 nitrogen and oxygen atoms in total. The predicted octanol–water partition coefficient (Wildman–Crippen LogP) is 2.12. The number of rotatable bonds is 4. The lowest BCUT2D eigenvalue weighted by Gasteiger charge is -2.36. The summed E-state index contributed by atoms with van der Waals surface area (Å²) in [6, 6.07) is 7.93. The third kappa shape index (κ3) is 3.69. The molecule has 0 bridgehead atoms. The molecule has 0 spiro atoms. The molecule has 5 heteroatoms. The molecule has 1 aliphatic heterocycles. The van der Waals surface area contributed by atoms with Crippen LogP contribution in [0.1, 0.15) is 19.3 Å². The normalized spacial score (nSPS) is 20.5. The van der Waals surface area contributed by atoms with Crippen LogP contribution in [0.3, 0.4) is 0 Å². The van der Waals surface area contributed by atoms with Crippen LogP contribution in [0, 0.1) is 5.92 Å². The summed E-state index contributed by atoms with van der Waals surface area (Å²) in [4.78, 5) is 16.5. The zero-order valence-electron chi connectivity index (χ0n) is 12.2. The van der Waals surface area contributed by atoms with Gasteiger partial charge in [-0.1, -0.05) is 11.6 Å². The van der Waals surface area contributed by atoms with Gasteiger partial charge in [-0.3, -0.25) is 4.79 Å². The lowest BCUT2D eigenvalue weighted by molar-refractivity contribution is -0.131. The molecule has 3 rings (SSSR count). The van der Waals surface area contributed by atoms with Crippen molar-refractivity contribution in [2.45, 2.75) is 25.3 Å². The molecule has 2 N–H and O–H groups in total. The van der Waals surface area contributed by atoms with E-state index in [0.717, 1.165) is 31.2 Å². The molecule has 114 valence electrons. The van der Waals surface area contributed by atoms with Gasteiger partial charge in [0.15, 0.2) is 0 Å². The van der Waals surface area contributed by atoms with Gasteiger partial charge in [0.25, 0.3) is 0 Å². The number of piperazine rings is 1. The maximum atomic E-state index is 12.2. The molecule has 1 amide bonds. The van der Waals surface area contributed by atoms with Crippen molar-refractivity contribution in [3.63, 3.8) is 0 Å². The number of hydrogen-bond donors (Lipinski definition) is 1.